The Morgan fingerprint density at radius 3 is 2.58 bits per heavy atom. The number of nitrogens with zero attached hydrogens (tertiary/aromatic N) is 2. The summed E-state index contributed by atoms with van der Waals surface area (Å²) in [6, 6.07) is 6.09. The third-order valence-corrected chi connectivity index (χ3v) is 2.94. The fourth-order valence-corrected chi connectivity index (χ4v) is 1.92. The van der Waals surface area contributed by atoms with Crippen molar-refractivity contribution in [1.82, 2.24) is 9.78 Å². The van der Waals surface area contributed by atoms with E-state index >= 15 is 0 Å². The third kappa shape index (κ3) is 2.73. The van der Waals surface area contributed by atoms with E-state index < -0.39 is 5.97 Å². The number of nitrogen functional groups attached to an aromatic ring is 1. The van der Waals surface area contributed by atoms with Gasteiger partial charge in [0, 0.05) is 7.05 Å². The molecule has 0 aliphatic heterocycles. The summed E-state index contributed by atoms with van der Waals surface area (Å²) < 4.78 is 14.1. The smallest absolute Gasteiger partial charge is 0.341 e. The van der Waals surface area contributed by atoms with Crippen molar-refractivity contribution in [3.05, 3.63) is 46.9 Å². The van der Waals surface area contributed by atoms with Crippen molar-refractivity contribution in [3.8, 4) is 0 Å². The van der Waals surface area contributed by atoms with Crippen molar-refractivity contribution in [2.45, 2.75) is 12.8 Å². The SMILES string of the molecule is Cn1nc(CCc2ccc(F)cc2)c(C(=O)O)c1N. The zero-order chi connectivity index (χ0) is 14.0. The minimum atomic E-state index is -1.08. The second kappa shape index (κ2) is 5.09. The molecule has 2 aromatic rings. The van der Waals surface area contributed by atoms with E-state index in [4.69, 9.17) is 10.8 Å². The van der Waals surface area contributed by atoms with Crippen LogP contribution in [-0.4, -0.2) is 20.9 Å². The minimum Gasteiger partial charge on any atom is -0.477 e. The monoisotopic (exact) mass is 263 g/mol. The number of carbonyl (C=O) groups is 1. The summed E-state index contributed by atoms with van der Waals surface area (Å²) >= 11 is 0. The quantitative estimate of drug-likeness (QED) is 0.878. The zero-order valence-corrected chi connectivity index (χ0v) is 10.4. The Morgan fingerprint density at radius 1 is 1.37 bits per heavy atom. The first-order valence-corrected chi connectivity index (χ1v) is 5.78. The normalized spacial score (nSPS) is 10.6. The molecule has 0 fully saturated rings. The van der Waals surface area contributed by atoms with E-state index in [1.165, 1.54) is 16.8 Å². The van der Waals surface area contributed by atoms with E-state index in [1.807, 2.05) is 0 Å². The minimum absolute atomic E-state index is 0.0459. The maximum Gasteiger partial charge on any atom is 0.341 e. The summed E-state index contributed by atoms with van der Waals surface area (Å²) in [5.74, 6) is -1.24. The second-order valence-electron chi connectivity index (χ2n) is 4.26. The topological polar surface area (TPSA) is 81.1 Å². The number of aromatic carboxylic acids is 1. The van der Waals surface area contributed by atoms with Crippen molar-refractivity contribution in [3.63, 3.8) is 0 Å². The van der Waals surface area contributed by atoms with Crippen LogP contribution in [0.1, 0.15) is 21.6 Å². The molecular weight excluding hydrogens is 249 g/mol. The fourth-order valence-electron chi connectivity index (χ4n) is 1.92. The van der Waals surface area contributed by atoms with Gasteiger partial charge in [-0.15, -0.1) is 0 Å². The summed E-state index contributed by atoms with van der Waals surface area (Å²) in [7, 11) is 1.60. The Kier molecular flexibility index (Phi) is 3.50. The van der Waals surface area contributed by atoms with Gasteiger partial charge in [-0.3, -0.25) is 4.68 Å². The van der Waals surface area contributed by atoms with Gasteiger partial charge in [0.15, 0.2) is 0 Å². The van der Waals surface area contributed by atoms with Gasteiger partial charge in [0.1, 0.15) is 17.2 Å². The van der Waals surface area contributed by atoms with Gasteiger partial charge in [-0.2, -0.15) is 5.10 Å². The molecule has 100 valence electrons. The van der Waals surface area contributed by atoms with Gasteiger partial charge in [-0.1, -0.05) is 12.1 Å². The summed E-state index contributed by atoms with van der Waals surface area (Å²) in [6.07, 6.45) is 1.02. The van der Waals surface area contributed by atoms with Crippen molar-refractivity contribution in [1.29, 1.82) is 0 Å². The maximum absolute atomic E-state index is 12.8. The lowest BCUT2D eigenvalue weighted by atomic mass is 10.1. The van der Waals surface area contributed by atoms with E-state index in [-0.39, 0.29) is 17.2 Å². The van der Waals surface area contributed by atoms with Crippen LogP contribution in [0.4, 0.5) is 10.2 Å². The number of halogens is 1. The molecule has 6 heteroatoms. The van der Waals surface area contributed by atoms with Gasteiger partial charge in [-0.05, 0) is 30.5 Å². The van der Waals surface area contributed by atoms with Crippen molar-refractivity contribution in [2.75, 3.05) is 5.73 Å². The number of aromatic nitrogens is 2. The molecule has 1 aromatic carbocycles. The van der Waals surface area contributed by atoms with Crippen molar-refractivity contribution < 1.29 is 14.3 Å². The highest BCUT2D eigenvalue weighted by Gasteiger charge is 2.19. The Bertz CT molecular complexity index is 605. The van der Waals surface area contributed by atoms with Gasteiger partial charge >= 0.3 is 5.97 Å². The van der Waals surface area contributed by atoms with Gasteiger partial charge in [0.05, 0.1) is 5.69 Å². The number of rotatable bonds is 4. The molecule has 0 aliphatic rings. The molecule has 0 aliphatic carbocycles. The molecule has 3 N–H and O–H groups in total. The molecule has 2 rings (SSSR count). The van der Waals surface area contributed by atoms with E-state index in [1.54, 1.807) is 19.2 Å². The predicted molar refractivity (Wildman–Crippen MR) is 68.4 cm³/mol. The first-order chi connectivity index (χ1) is 8.99. The zero-order valence-electron chi connectivity index (χ0n) is 10.4. The van der Waals surface area contributed by atoms with Crippen LogP contribution in [0, 0.1) is 5.82 Å². The predicted octanol–water partition coefficient (Wildman–Crippen LogP) is 1.62. The number of carboxylic acids is 1. The van der Waals surface area contributed by atoms with Crippen LogP contribution < -0.4 is 5.73 Å². The number of aryl methyl sites for hydroxylation is 3. The van der Waals surface area contributed by atoms with E-state index in [2.05, 4.69) is 5.10 Å². The largest absolute Gasteiger partial charge is 0.477 e. The van der Waals surface area contributed by atoms with Gasteiger partial charge in [-0.25, -0.2) is 9.18 Å². The Balaban J connectivity index is 2.18. The van der Waals surface area contributed by atoms with E-state index in [0.717, 1.165) is 5.56 Å². The first-order valence-electron chi connectivity index (χ1n) is 5.78. The summed E-state index contributed by atoms with van der Waals surface area (Å²) in [6.45, 7) is 0. The van der Waals surface area contributed by atoms with Crippen molar-refractivity contribution in [2.24, 2.45) is 7.05 Å². The molecular formula is C13H14FN3O2. The highest BCUT2D eigenvalue weighted by molar-refractivity contribution is 5.94. The van der Waals surface area contributed by atoms with E-state index in [0.29, 0.717) is 18.5 Å². The van der Waals surface area contributed by atoms with Crippen LogP contribution in [-0.2, 0) is 19.9 Å². The molecule has 1 aromatic heterocycles. The van der Waals surface area contributed by atoms with Crippen LogP contribution >= 0.6 is 0 Å². The number of anilines is 1. The summed E-state index contributed by atoms with van der Waals surface area (Å²) in [5.41, 5.74) is 7.07. The molecule has 0 bridgehead atoms. The molecule has 0 saturated carbocycles. The lowest BCUT2D eigenvalue weighted by Gasteiger charge is -2.00. The number of hydrogen-bond donors (Lipinski definition) is 2. The molecule has 19 heavy (non-hydrogen) atoms. The molecule has 5 nitrogen and oxygen atoms in total. The highest BCUT2D eigenvalue weighted by atomic mass is 19.1. The standard InChI is InChI=1S/C13H14FN3O2/c1-17-12(15)11(13(18)19)10(16-17)7-4-8-2-5-9(14)6-3-8/h2-3,5-6H,4,7,15H2,1H3,(H,18,19). The molecule has 0 unspecified atom stereocenters. The third-order valence-electron chi connectivity index (χ3n) is 2.94. The molecule has 0 amide bonds. The summed E-state index contributed by atoms with van der Waals surface area (Å²) in [4.78, 5) is 11.1. The number of hydrogen-bond acceptors (Lipinski definition) is 3. The Labute approximate surface area is 109 Å². The molecule has 0 atom stereocenters. The van der Waals surface area contributed by atoms with Crippen LogP contribution in [0.5, 0.6) is 0 Å². The van der Waals surface area contributed by atoms with Crippen LogP contribution in [0.3, 0.4) is 0 Å². The molecule has 0 radical (unpaired) electrons. The van der Waals surface area contributed by atoms with Crippen LogP contribution in [0.25, 0.3) is 0 Å². The molecule has 1 heterocycles. The first kappa shape index (κ1) is 13.1. The van der Waals surface area contributed by atoms with Crippen molar-refractivity contribution >= 4 is 11.8 Å². The average Bonchev–Trinajstić information content (AvgIpc) is 2.64. The number of nitrogens with two attached hydrogens (primary N) is 1. The van der Waals surface area contributed by atoms with E-state index in [9.17, 15) is 9.18 Å². The van der Waals surface area contributed by atoms with Crippen LogP contribution in [0.2, 0.25) is 0 Å². The number of carboxylic acid groups (broad SMARTS) is 1. The Hall–Kier alpha value is -2.37. The lowest BCUT2D eigenvalue weighted by Crippen LogP contribution is -2.05. The van der Waals surface area contributed by atoms with Gasteiger partial charge in [0.2, 0.25) is 0 Å². The van der Waals surface area contributed by atoms with Gasteiger partial charge in [0.25, 0.3) is 0 Å². The maximum atomic E-state index is 12.8. The van der Waals surface area contributed by atoms with Crippen LogP contribution in [0.15, 0.2) is 24.3 Å². The highest BCUT2D eigenvalue weighted by Crippen LogP contribution is 2.18. The van der Waals surface area contributed by atoms with Gasteiger partial charge < -0.3 is 10.8 Å². The molecule has 0 saturated heterocycles. The number of benzene rings is 1. The average molecular weight is 263 g/mol. The molecule has 0 spiro atoms. The lowest BCUT2D eigenvalue weighted by molar-refractivity contribution is 0.0697. The Morgan fingerprint density at radius 2 is 2.00 bits per heavy atom. The second-order valence-corrected chi connectivity index (χ2v) is 4.26. The fraction of sp³-hybridized carbons (Fsp3) is 0.231. The summed E-state index contributed by atoms with van der Waals surface area (Å²) in [5, 5.41) is 13.2.